The third kappa shape index (κ3) is 5.95. The van der Waals surface area contributed by atoms with Gasteiger partial charge in [0.25, 0.3) is 5.91 Å². The summed E-state index contributed by atoms with van der Waals surface area (Å²) in [6, 6.07) is 12.9. The topological polar surface area (TPSA) is 115 Å². The second-order valence-corrected chi connectivity index (χ2v) is 7.89. The van der Waals surface area contributed by atoms with Gasteiger partial charge in [-0.15, -0.1) is 0 Å². The zero-order valence-electron chi connectivity index (χ0n) is 18.6. The minimum absolute atomic E-state index is 0.000876. The molecule has 3 N–H and O–H groups in total. The fraction of sp³-hybridized carbons (Fsp3) is 0.240. The van der Waals surface area contributed by atoms with Crippen LogP contribution in [0.2, 0.25) is 0 Å². The van der Waals surface area contributed by atoms with Gasteiger partial charge in [0.05, 0.1) is 29.9 Å². The van der Waals surface area contributed by atoms with E-state index in [1.807, 2.05) is 6.07 Å². The number of halogens is 3. The van der Waals surface area contributed by atoms with Crippen molar-refractivity contribution in [3.8, 4) is 17.2 Å². The van der Waals surface area contributed by atoms with Crippen LogP contribution >= 0.6 is 0 Å². The summed E-state index contributed by atoms with van der Waals surface area (Å²) in [5.74, 6) is -0.843. The molecule has 0 aliphatic heterocycles. The van der Waals surface area contributed by atoms with E-state index in [1.165, 1.54) is 18.3 Å². The molecule has 182 valence electrons. The summed E-state index contributed by atoms with van der Waals surface area (Å²) in [4.78, 5) is 26.1. The van der Waals surface area contributed by atoms with Crippen LogP contribution in [0, 0.1) is 18.3 Å². The van der Waals surface area contributed by atoms with Crippen LogP contribution in [0.3, 0.4) is 0 Å². The second-order valence-electron chi connectivity index (χ2n) is 7.89. The van der Waals surface area contributed by atoms with E-state index in [0.717, 1.165) is 17.7 Å². The zero-order chi connectivity index (χ0) is 25.8. The number of carbonyl (C=O) groups is 1. The van der Waals surface area contributed by atoms with E-state index in [9.17, 15) is 27.9 Å². The molecule has 1 heterocycles. The Balaban J connectivity index is 2.16. The van der Waals surface area contributed by atoms with Crippen molar-refractivity contribution in [3.05, 3.63) is 92.9 Å². The Bertz CT molecular complexity index is 1330. The highest BCUT2D eigenvalue weighted by Crippen LogP contribution is 2.32. The number of nitrogens with zero attached hydrogens (tertiary/aromatic N) is 2. The molecule has 0 radical (unpaired) electrons. The number of hydrogen-bond acceptors (Lipinski definition) is 5. The lowest BCUT2D eigenvalue weighted by atomic mass is 9.98. The van der Waals surface area contributed by atoms with Crippen molar-refractivity contribution in [1.82, 2.24) is 9.88 Å². The molecule has 2 aromatic carbocycles. The van der Waals surface area contributed by atoms with Gasteiger partial charge in [0, 0.05) is 30.5 Å². The van der Waals surface area contributed by atoms with E-state index < -0.39 is 35.8 Å². The van der Waals surface area contributed by atoms with Crippen molar-refractivity contribution < 1.29 is 28.2 Å². The Hall–Kier alpha value is -3.94. The van der Waals surface area contributed by atoms with Crippen molar-refractivity contribution in [2.75, 3.05) is 13.2 Å². The Morgan fingerprint density at radius 3 is 2.49 bits per heavy atom. The number of alkyl halides is 3. The van der Waals surface area contributed by atoms with Crippen molar-refractivity contribution in [2.24, 2.45) is 0 Å². The highest BCUT2D eigenvalue weighted by Gasteiger charge is 2.31. The molecule has 1 unspecified atom stereocenters. The summed E-state index contributed by atoms with van der Waals surface area (Å²) in [7, 11) is 0. The molecule has 0 fully saturated rings. The molecule has 35 heavy (non-hydrogen) atoms. The van der Waals surface area contributed by atoms with Crippen LogP contribution in [0.25, 0.3) is 11.1 Å². The monoisotopic (exact) mass is 485 g/mol. The number of rotatable bonds is 7. The predicted octanol–water partition coefficient (Wildman–Crippen LogP) is 2.85. The lowest BCUT2D eigenvalue weighted by Crippen LogP contribution is -2.37. The standard InChI is InChI=1S/C25H22F3N3O4/c1-15-22(18-3-2-4-19(9-18)25(26,27)28)23(34)21(24(35)30-11-20(33)14-32)13-31(15)12-17-7-5-16(10-29)6-8-17/h2-9,13,20,32-33H,11-12,14H2,1H3,(H,30,35). The van der Waals surface area contributed by atoms with Crippen LogP contribution in [0.5, 0.6) is 0 Å². The number of nitrogens with one attached hydrogen (secondary N) is 1. The molecular weight excluding hydrogens is 463 g/mol. The third-order valence-electron chi connectivity index (χ3n) is 5.42. The van der Waals surface area contributed by atoms with Gasteiger partial charge < -0.3 is 20.1 Å². The number of nitriles is 1. The lowest BCUT2D eigenvalue weighted by molar-refractivity contribution is -0.137. The first-order chi connectivity index (χ1) is 16.5. The maximum atomic E-state index is 13.3. The summed E-state index contributed by atoms with van der Waals surface area (Å²) < 4.78 is 41.5. The quantitative estimate of drug-likeness (QED) is 0.476. The van der Waals surface area contributed by atoms with Gasteiger partial charge in [-0.05, 0) is 42.3 Å². The number of hydrogen-bond donors (Lipinski definition) is 3. The van der Waals surface area contributed by atoms with Crippen LogP contribution in [0.15, 0.2) is 59.5 Å². The van der Waals surface area contributed by atoms with Gasteiger partial charge in [0.15, 0.2) is 0 Å². The Kier molecular flexibility index (Phi) is 7.74. The fourth-order valence-electron chi connectivity index (χ4n) is 3.52. The van der Waals surface area contributed by atoms with E-state index in [4.69, 9.17) is 10.4 Å². The molecule has 0 aliphatic carbocycles. The van der Waals surface area contributed by atoms with Gasteiger partial charge in [-0.25, -0.2) is 0 Å². The minimum Gasteiger partial charge on any atom is -0.394 e. The van der Waals surface area contributed by atoms with Crippen LogP contribution < -0.4 is 10.7 Å². The average molecular weight is 485 g/mol. The summed E-state index contributed by atoms with van der Waals surface area (Å²) in [5, 5.41) is 29.8. The maximum absolute atomic E-state index is 13.3. The Morgan fingerprint density at radius 1 is 1.20 bits per heavy atom. The second kappa shape index (κ2) is 10.5. The summed E-state index contributed by atoms with van der Waals surface area (Å²) in [6.07, 6.45) is -4.57. The lowest BCUT2D eigenvalue weighted by Gasteiger charge is -2.18. The molecule has 1 atom stereocenters. The molecule has 0 aliphatic rings. The number of aliphatic hydroxyl groups excluding tert-OH is 2. The largest absolute Gasteiger partial charge is 0.416 e. The van der Waals surface area contributed by atoms with Gasteiger partial charge in [-0.1, -0.05) is 24.3 Å². The van der Waals surface area contributed by atoms with Gasteiger partial charge in [0.1, 0.15) is 5.56 Å². The van der Waals surface area contributed by atoms with E-state index >= 15 is 0 Å². The zero-order valence-corrected chi connectivity index (χ0v) is 18.6. The van der Waals surface area contributed by atoms with Gasteiger partial charge >= 0.3 is 6.18 Å². The molecule has 0 saturated carbocycles. The van der Waals surface area contributed by atoms with Crippen molar-refractivity contribution in [1.29, 1.82) is 5.26 Å². The highest BCUT2D eigenvalue weighted by atomic mass is 19.4. The minimum atomic E-state index is -4.62. The van der Waals surface area contributed by atoms with Gasteiger partial charge in [0.2, 0.25) is 5.43 Å². The van der Waals surface area contributed by atoms with E-state index in [-0.39, 0.29) is 29.8 Å². The van der Waals surface area contributed by atoms with Crippen LogP contribution in [0.1, 0.15) is 32.7 Å². The van der Waals surface area contributed by atoms with Crippen molar-refractivity contribution >= 4 is 5.91 Å². The smallest absolute Gasteiger partial charge is 0.394 e. The predicted molar refractivity (Wildman–Crippen MR) is 122 cm³/mol. The Morgan fingerprint density at radius 2 is 1.89 bits per heavy atom. The molecule has 0 bridgehead atoms. The van der Waals surface area contributed by atoms with E-state index in [2.05, 4.69) is 5.32 Å². The fourth-order valence-corrected chi connectivity index (χ4v) is 3.52. The van der Waals surface area contributed by atoms with Gasteiger partial charge in [-0.2, -0.15) is 18.4 Å². The first-order valence-corrected chi connectivity index (χ1v) is 10.5. The number of pyridine rings is 1. The normalized spacial score (nSPS) is 12.1. The SMILES string of the molecule is Cc1c(-c2cccc(C(F)(F)F)c2)c(=O)c(C(=O)NCC(O)CO)cn1Cc1ccc(C#N)cc1. The summed E-state index contributed by atoms with van der Waals surface area (Å²) in [5.41, 5.74) is -0.596. The molecule has 3 aromatic rings. The van der Waals surface area contributed by atoms with Gasteiger partial charge in [-0.3, -0.25) is 9.59 Å². The molecule has 3 rings (SSSR count). The number of benzene rings is 2. The average Bonchev–Trinajstić information content (AvgIpc) is 2.84. The summed E-state index contributed by atoms with van der Waals surface area (Å²) >= 11 is 0. The Labute approximate surface area is 198 Å². The van der Waals surface area contributed by atoms with E-state index in [0.29, 0.717) is 11.3 Å². The molecule has 1 aromatic heterocycles. The first-order valence-electron chi connectivity index (χ1n) is 10.5. The molecule has 7 nitrogen and oxygen atoms in total. The molecule has 0 saturated heterocycles. The number of carbonyl (C=O) groups excluding carboxylic acids is 1. The molecule has 10 heteroatoms. The number of aliphatic hydroxyl groups is 2. The highest BCUT2D eigenvalue weighted by molar-refractivity contribution is 5.95. The molecule has 0 spiro atoms. The third-order valence-corrected chi connectivity index (χ3v) is 5.42. The van der Waals surface area contributed by atoms with E-state index in [1.54, 1.807) is 35.8 Å². The van der Waals surface area contributed by atoms with Crippen molar-refractivity contribution in [3.63, 3.8) is 0 Å². The van der Waals surface area contributed by atoms with Crippen LogP contribution in [-0.2, 0) is 12.7 Å². The number of amides is 1. The first kappa shape index (κ1) is 25.7. The molecular formula is C25H22F3N3O4. The van der Waals surface area contributed by atoms with Crippen molar-refractivity contribution in [2.45, 2.75) is 25.7 Å². The summed E-state index contributed by atoms with van der Waals surface area (Å²) in [6.45, 7) is 0.810. The van der Waals surface area contributed by atoms with Crippen LogP contribution in [0.4, 0.5) is 13.2 Å². The maximum Gasteiger partial charge on any atom is 0.416 e. The number of aromatic nitrogens is 1. The van der Waals surface area contributed by atoms with Crippen LogP contribution in [-0.4, -0.2) is 39.9 Å². The molecule has 1 amide bonds.